The zero-order valence-electron chi connectivity index (χ0n) is 11.1. The van der Waals surface area contributed by atoms with Crippen LogP contribution in [-0.4, -0.2) is 9.97 Å². The van der Waals surface area contributed by atoms with Crippen LogP contribution in [0.3, 0.4) is 0 Å². The van der Waals surface area contributed by atoms with E-state index in [1.54, 1.807) is 0 Å². The van der Waals surface area contributed by atoms with Crippen molar-refractivity contribution in [2.45, 2.75) is 32.6 Å². The van der Waals surface area contributed by atoms with Crippen LogP contribution < -0.4 is 0 Å². The van der Waals surface area contributed by atoms with E-state index in [4.69, 9.17) is 0 Å². The summed E-state index contributed by atoms with van der Waals surface area (Å²) in [6.07, 6.45) is 9.81. The van der Waals surface area contributed by atoms with E-state index in [1.165, 1.54) is 17.5 Å². The molecule has 0 aliphatic rings. The van der Waals surface area contributed by atoms with E-state index in [-0.39, 0.29) is 0 Å². The van der Waals surface area contributed by atoms with Crippen molar-refractivity contribution in [1.82, 2.24) is 9.97 Å². The molecular formula is C16H20N2. The number of hydrogen-bond acceptors (Lipinski definition) is 2. The molecule has 2 rings (SSSR count). The highest BCUT2D eigenvalue weighted by atomic mass is 14.6. The normalized spacial score (nSPS) is 14.1. The van der Waals surface area contributed by atoms with Crippen molar-refractivity contribution in [3.63, 3.8) is 0 Å². The van der Waals surface area contributed by atoms with E-state index in [9.17, 15) is 0 Å². The van der Waals surface area contributed by atoms with Gasteiger partial charge in [-0.1, -0.05) is 13.8 Å². The fourth-order valence-corrected chi connectivity index (χ4v) is 2.44. The Morgan fingerprint density at radius 2 is 1.44 bits per heavy atom. The summed E-state index contributed by atoms with van der Waals surface area (Å²) in [5.41, 5.74) is 2.76. The van der Waals surface area contributed by atoms with Crippen LogP contribution in [-0.2, 0) is 6.42 Å². The molecule has 0 aliphatic heterocycles. The van der Waals surface area contributed by atoms with Crippen LogP contribution in [0.15, 0.2) is 49.1 Å². The SMILES string of the molecule is CC(Cc1ccncc1)CC(C)c1ccncc1. The van der Waals surface area contributed by atoms with E-state index in [1.807, 2.05) is 24.8 Å². The summed E-state index contributed by atoms with van der Waals surface area (Å²) in [7, 11) is 0. The monoisotopic (exact) mass is 240 g/mol. The van der Waals surface area contributed by atoms with Crippen LogP contribution in [0.4, 0.5) is 0 Å². The van der Waals surface area contributed by atoms with Crippen LogP contribution in [0, 0.1) is 5.92 Å². The van der Waals surface area contributed by atoms with Crippen LogP contribution in [0.1, 0.15) is 37.3 Å². The van der Waals surface area contributed by atoms with Crippen molar-refractivity contribution in [1.29, 1.82) is 0 Å². The molecule has 0 fully saturated rings. The highest BCUT2D eigenvalue weighted by Crippen LogP contribution is 2.24. The lowest BCUT2D eigenvalue weighted by Crippen LogP contribution is -2.05. The highest BCUT2D eigenvalue weighted by Gasteiger charge is 2.11. The minimum atomic E-state index is 0.588. The first-order valence-electron chi connectivity index (χ1n) is 6.54. The zero-order chi connectivity index (χ0) is 12.8. The molecule has 0 aliphatic carbocycles. The molecule has 2 heterocycles. The first-order valence-corrected chi connectivity index (χ1v) is 6.54. The summed E-state index contributed by atoms with van der Waals surface area (Å²) >= 11 is 0. The van der Waals surface area contributed by atoms with Crippen molar-refractivity contribution in [2.75, 3.05) is 0 Å². The standard InChI is InChI=1S/C16H20N2/c1-13(12-15-3-7-17-8-4-15)11-14(2)16-5-9-18-10-6-16/h3-10,13-14H,11-12H2,1-2H3. The molecule has 2 aromatic rings. The van der Waals surface area contributed by atoms with Gasteiger partial charge in [0, 0.05) is 24.8 Å². The van der Waals surface area contributed by atoms with Gasteiger partial charge in [0.15, 0.2) is 0 Å². The Morgan fingerprint density at radius 1 is 0.889 bits per heavy atom. The average molecular weight is 240 g/mol. The summed E-state index contributed by atoms with van der Waals surface area (Å²) in [6, 6.07) is 8.44. The topological polar surface area (TPSA) is 25.8 Å². The van der Waals surface area contributed by atoms with Gasteiger partial charge >= 0.3 is 0 Å². The molecular weight excluding hydrogens is 220 g/mol. The largest absolute Gasteiger partial charge is 0.265 e. The maximum atomic E-state index is 4.07. The van der Waals surface area contributed by atoms with Gasteiger partial charge in [-0.3, -0.25) is 9.97 Å². The number of rotatable bonds is 5. The Balaban J connectivity index is 1.90. The molecule has 0 spiro atoms. The molecule has 2 nitrogen and oxygen atoms in total. The Hall–Kier alpha value is -1.70. The lowest BCUT2D eigenvalue weighted by molar-refractivity contribution is 0.481. The maximum absolute atomic E-state index is 4.07. The summed E-state index contributed by atoms with van der Waals surface area (Å²) in [5, 5.41) is 0. The van der Waals surface area contributed by atoms with Gasteiger partial charge < -0.3 is 0 Å². The second-order valence-electron chi connectivity index (χ2n) is 5.08. The Morgan fingerprint density at radius 3 is 2.06 bits per heavy atom. The summed E-state index contributed by atoms with van der Waals surface area (Å²) in [6.45, 7) is 4.61. The van der Waals surface area contributed by atoms with Gasteiger partial charge in [0.1, 0.15) is 0 Å². The van der Waals surface area contributed by atoms with Gasteiger partial charge in [-0.05, 0) is 60.1 Å². The van der Waals surface area contributed by atoms with Gasteiger partial charge in [0.05, 0.1) is 0 Å². The van der Waals surface area contributed by atoms with E-state index < -0.39 is 0 Å². The van der Waals surface area contributed by atoms with E-state index in [0.717, 1.165) is 6.42 Å². The molecule has 2 atom stereocenters. The molecule has 2 heteroatoms. The van der Waals surface area contributed by atoms with Crippen molar-refractivity contribution in [3.8, 4) is 0 Å². The first-order chi connectivity index (χ1) is 8.75. The van der Waals surface area contributed by atoms with Gasteiger partial charge in [0.25, 0.3) is 0 Å². The third-order valence-corrected chi connectivity index (χ3v) is 3.36. The predicted molar refractivity (Wildman–Crippen MR) is 74.4 cm³/mol. The average Bonchev–Trinajstić information content (AvgIpc) is 2.40. The van der Waals surface area contributed by atoms with E-state index in [0.29, 0.717) is 11.8 Å². The minimum absolute atomic E-state index is 0.588. The van der Waals surface area contributed by atoms with Gasteiger partial charge in [-0.25, -0.2) is 0 Å². The lowest BCUT2D eigenvalue weighted by Gasteiger charge is -2.17. The molecule has 0 saturated heterocycles. The number of nitrogens with zero attached hydrogens (tertiary/aromatic N) is 2. The van der Waals surface area contributed by atoms with E-state index in [2.05, 4.69) is 48.1 Å². The maximum Gasteiger partial charge on any atom is 0.0270 e. The van der Waals surface area contributed by atoms with Gasteiger partial charge in [-0.2, -0.15) is 0 Å². The highest BCUT2D eigenvalue weighted by molar-refractivity contribution is 5.15. The quantitative estimate of drug-likeness (QED) is 0.793. The van der Waals surface area contributed by atoms with Crippen LogP contribution >= 0.6 is 0 Å². The van der Waals surface area contributed by atoms with Gasteiger partial charge in [0.2, 0.25) is 0 Å². The first kappa shape index (κ1) is 12.7. The lowest BCUT2D eigenvalue weighted by atomic mass is 9.88. The molecule has 0 bridgehead atoms. The molecule has 2 aromatic heterocycles. The van der Waals surface area contributed by atoms with Crippen LogP contribution in [0.2, 0.25) is 0 Å². The van der Waals surface area contributed by atoms with Crippen LogP contribution in [0.5, 0.6) is 0 Å². The van der Waals surface area contributed by atoms with Gasteiger partial charge in [-0.15, -0.1) is 0 Å². The summed E-state index contributed by atoms with van der Waals surface area (Å²) < 4.78 is 0. The smallest absolute Gasteiger partial charge is 0.0270 e. The minimum Gasteiger partial charge on any atom is -0.265 e. The summed E-state index contributed by atoms with van der Waals surface area (Å²) in [5.74, 6) is 1.26. The third-order valence-electron chi connectivity index (χ3n) is 3.36. The van der Waals surface area contributed by atoms with Crippen molar-refractivity contribution < 1.29 is 0 Å². The summed E-state index contributed by atoms with van der Waals surface area (Å²) in [4.78, 5) is 8.12. The predicted octanol–water partition coefficient (Wildman–Crippen LogP) is 3.85. The van der Waals surface area contributed by atoms with Crippen LogP contribution in [0.25, 0.3) is 0 Å². The molecule has 0 saturated carbocycles. The third kappa shape index (κ3) is 3.66. The Kier molecular flexibility index (Phi) is 4.46. The Labute approximate surface area is 109 Å². The number of hydrogen-bond donors (Lipinski definition) is 0. The van der Waals surface area contributed by atoms with Crippen molar-refractivity contribution in [3.05, 3.63) is 60.2 Å². The van der Waals surface area contributed by atoms with E-state index >= 15 is 0 Å². The molecule has 18 heavy (non-hydrogen) atoms. The Bertz CT molecular complexity index is 453. The zero-order valence-corrected chi connectivity index (χ0v) is 11.1. The number of aromatic nitrogens is 2. The fourth-order valence-electron chi connectivity index (χ4n) is 2.44. The number of pyridine rings is 2. The molecule has 0 amide bonds. The second kappa shape index (κ2) is 6.29. The molecule has 0 aromatic carbocycles. The molecule has 2 unspecified atom stereocenters. The van der Waals surface area contributed by atoms with Crippen molar-refractivity contribution >= 4 is 0 Å². The molecule has 94 valence electrons. The molecule has 0 radical (unpaired) electrons. The fraction of sp³-hybridized carbons (Fsp3) is 0.375. The molecule has 0 N–H and O–H groups in total. The van der Waals surface area contributed by atoms with Crippen molar-refractivity contribution in [2.24, 2.45) is 5.92 Å². The second-order valence-corrected chi connectivity index (χ2v) is 5.08.